The fourth-order valence-electron chi connectivity index (χ4n) is 3.64. The lowest BCUT2D eigenvalue weighted by molar-refractivity contribution is -0.385. The molecule has 0 saturated carbocycles. The summed E-state index contributed by atoms with van der Waals surface area (Å²) >= 11 is 0. The molecule has 1 fully saturated rings. The maximum Gasteiger partial charge on any atom is 0.311 e. The molecule has 0 atom stereocenters. The van der Waals surface area contributed by atoms with Crippen LogP contribution in [-0.4, -0.2) is 49.3 Å². The van der Waals surface area contributed by atoms with E-state index in [1.54, 1.807) is 6.07 Å². The second kappa shape index (κ2) is 7.32. The van der Waals surface area contributed by atoms with Crippen LogP contribution in [0.2, 0.25) is 0 Å². The van der Waals surface area contributed by atoms with Gasteiger partial charge in [0.25, 0.3) is 0 Å². The SMILES string of the molecule is COc1cc(C2=CCN(C3CCOCC3)CC2)c(C)cc1[N+](=O)[O-]. The highest BCUT2D eigenvalue weighted by Crippen LogP contribution is 2.35. The standard InChI is InChI=1S/C18H24N2O4/c1-13-11-17(20(21)22)18(23-2)12-16(13)14-3-7-19(8-4-14)15-5-9-24-10-6-15/h3,11-12,15H,4-10H2,1-2H3. The molecule has 2 aliphatic heterocycles. The summed E-state index contributed by atoms with van der Waals surface area (Å²) in [4.78, 5) is 13.3. The van der Waals surface area contributed by atoms with E-state index in [0.29, 0.717) is 11.8 Å². The molecule has 0 amide bonds. The third-order valence-corrected chi connectivity index (χ3v) is 5.02. The van der Waals surface area contributed by atoms with Crippen molar-refractivity contribution in [3.8, 4) is 5.75 Å². The van der Waals surface area contributed by atoms with Gasteiger partial charge >= 0.3 is 5.69 Å². The second-order valence-corrected chi connectivity index (χ2v) is 6.41. The quantitative estimate of drug-likeness (QED) is 0.626. The molecule has 6 heteroatoms. The highest BCUT2D eigenvalue weighted by Gasteiger charge is 2.25. The smallest absolute Gasteiger partial charge is 0.311 e. The zero-order valence-electron chi connectivity index (χ0n) is 14.3. The van der Waals surface area contributed by atoms with Crippen LogP contribution in [0.1, 0.15) is 30.4 Å². The monoisotopic (exact) mass is 332 g/mol. The molecular weight excluding hydrogens is 308 g/mol. The average Bonchev–Trinajstić information content (AvgIpc) is 2.62. The van der Waals surface area contributed by atoms with E-state index < -0.39 is 4.92 Å². The first-order valence-corrected chi connectivity index (χ1v) is 8.44. The molecule has 1 aromatic carbocycles. The van der Waals surface area contributed by atoms with E-state index in [4.69, 9.17) is 9.47 Å². The van der Waals surface area contributed by atoms with E-state index in [1.807, 2.05) is 13.0 Å². The van der Waals surface area contributed by atoms with Gasteiger partial charge in [-0.2, -0.15) is 0 Å². The maximum atomic E-state index is 11.1. The summed E-state index contributed by atoms with van der Waals surface area (Å²) in [5, 5.41) is 11.1. The predicted molar refractivity (Wildman–Crippen MR) is 92.4 cm³/mol. The topological polar surface area (TPSA) is 64.8 Å². The molecule has 0 unspecified atom stereocenters. The molecule has 2 aliphatic rings. The highest BCUT2D eigenvalue weighted by molar-refractivity contribution is 5.72. The minimum atomic E-state index is -0.391. The first-order chi connectivity index (χ1) is 11.6. The Morgan fingerprint density at radius 2 is 2.08 bits per heavy atom. The van der Waals surface area contributed by atoms with E-state index in [9.17, 15) is 10.1 Å². The lowest BCUT2D eigenvalue weighted by Crippen LogP contribution is -2.41. The minimum Gasteiger partial charge on any atom is -0.490 e. The minimum absolute atomic E-state index is 0.0268. The van der Waals surface area contributed by atoms with Crippen molar-refractivity contribution in [3.63, 3.8) is 0 Å². The van der Waals surface area contributed by atoms with Crippen molar-refractivity contribution < 1.29 is 14.4 Å². The number of rotatable bonds is 4. The molecule has 0 spiro atoms. The number of hydrogen-bond acceptors (Lipinski definition) is 5. The van der Waals surface area contributed by atoms with Gasteiger partial charge in [-0.05, 0) is 49.0 Å². The van der Waals surface area contributed by atoms with Crippen molar-refractivity contribution >= 4 is 11.3 Å². The normalized spacial score (nSPS) is 19.8. The lowest BCUT2D eigenvalue weighted by Gasteiger charge is -2.36. The third-order valence-electron chi connectivity index (χ3n) is 5.02. The number of nitrogens with zero attached hydrogens (tertiary/aromatic N) is 2. The van der Waals surface area contributed by atoms with Crippen LogP contribution in [0.25, 0.3) is 5.57 Å². The van der Waals surface area contributed by atoms with Crippen molar-refractivity contribution in [2.45, 2.75) is 32.2 Å². The lowest BCUT2D eigenvalue weighted by atomic mass is 9.93. The van der Waals surface area contributed by atoms with Crippen LogP contribution in [0.3, 0.4) is 0 Å². The third kappa shape index (κ3) is 3.44. The summed E-state index contributed by atoms with van der Waals surface area (Å²) in [5.41, 5.74) is 3.26. The first kappa shape index (κ1) is 16.9. The summed E-state index contributed by atoms with van der Waals surface area (Å²) < 4.78 is 10.7. The van der Waals surface area contributed by atoms with Gasteiger partial charge in [0.1, 0.15) is 0 Å². The number of benzene rings is 1. The maximum absolute atomic E-state index is 11.1. The van der Waals surface area contributed by atoms with Gasteiger partial charge in [0.15, 0.2) is 5.75 Å². The first-order valence-electron chi connectivity index (χ1n) is 8.44. The molecule has 0 bridgehead atoms. The fourth-order valence-corrected chi connectivity index (χ4v) is 3.64. The van der Waals surface area contributed by atoms with E-state index in [-0.39, 0.29) is 5.69 Å². The molecular formula is C18H24N2O4. The number of ether oxygens (including phenoxy) is 2. The van der Waals surface area contributed by atoms with Crippen LogP contribution in [0.15, 0.2) is 18.2 Å². The Kier molecular flexibility index (Phi) is 5.16. The Morgan fingerprint density at radius 3 is 2.67 bits per heavy atom. The van der Waals surface area contributed by atoms with Gasteiger partial charge in [0.05, 0.1) is 12.0 Å². The summed E-state index contributed by atoms with van der Waals surface area (Å²) in [6, 6.07) is 4.03. The molecule has 3 rings (SSSR count). The van der Waals surface area contributed by atoms with Crippen LogP contribution in [0.5, 0.6) is 5.75 Å². The van der Waals surface area contributed by atoms with Crippen LogP contribution in [-0.2, 0) is 4.74 Å². The predicted octanol–water partition coefficient (Wildman–Crippen LogP) is 3.18. The summed E-state index contributed by atoms with van der Waals surface area (Å²) in [6.07, 6.45) is 5.42. The Labute approximate surface area is 142 Å². The van der Waals surface area contributed by atoms with Gasteiger partial charge in [-0.25, -0.2) is 0 Å². The molecule has 0 aliphatic carbocycles. The summed E-state index contributed by atoms with van der Waals surface area (Å²) in [5.74, 6) is 0.327. The van der Waals surface area contributed by atoms with Crippen molar-refractivity contribution in [2.24, 2.45) is 0 Å². The Balaban J connectivity index is 1.79. The Hall–Kier alpha value is -1.92. The van der Waals surface area contributed by atoms with Crippen molar-refractivity contribution in [1.82, 2.24) is 4.90 Å². The van der Waals surface area contributed by atoms with Gasteiger partial charge in [-0.1, -0.05) is 6.08 Å². The number of nitro benzene ring substituents is 1. The van der Waals surface area contributed by atoms with Gasteiger partial charge in [-0.15, -0.1) is 0 Å². The second-order valence-electron chi connectivity index (χ2n) is 6.41. The van der Waals surface area contributed by atoms with Gasteiger partial charge in [0.2, 0.25) is 0 Å². The highest BCUT2D eigenvalue weighted by atomic mass is 16.6. The van der Waals surface area contributed by atoms with E-state index in [2.05, 4.69) is 11.0 Å². The number of methoxy groups -OCH3 is 1. The average molecular weight is 332 g/mol. The molecule has 6 nitrogen and oxygen atoms in total. The van der Waals surface area contributed by atoms with Gasteiger partial charge in [-0.3, -0.25) is 15.0 Å². The zero-order valence-corrected chi connectivity index (χ0v) is 14.3. The molecule has 0 radical (unpaired) electrons. The van der Waals surface area contributed by atoms with Crippen molar-refractivity contribution in [3.05, 3.63) is 39.4 Å². The van der Waals surface area contributed by atoms with E-state index in [0.717, 1.165) is 56.7 Å². The molecule has 1 saturated heterocycles. The van der Waals surface area contributed by atoms with Gasteiger partial charge < -0.3 is 9.47 Å². The Bertz CT molecular complexity index is 651. The number of nitro groups is 1. The summed E-state index contributed by atoms with van der Waals surface area (Å²) in [7, 11) is 1.48. The van der Waals surface area contributed by atoms with Crippen LogP contribution in [0, 0.1) is 17.0 Å². The number of hydrogen-bond donors (Lipinski definition) is 0. The van der Waals surface area contributed by atoms with Crippen molar-refractivity contribution in [2.75, 3.05) is 33.4 Å². The molecule has 130 valence electrons. The van der Waals surface area contributed by atoms with Crippen molar-refractivity contribution in [1.29, 1.82) is 0 Å². The molecule has 2 heterocycles. The molecule has 0 aromatic heterocycles. The number of aryl methyl sites for hydroxylation is 1. The molecule has 1 aromatic rings. The van der Waals surface area contributed by atoms with E-state index >= 15 is 0 Å². The fraction of sp³-hybridized carbons (Fsp3) is 0.556. The zero-order chi connectivity index (χ0) is 17.1. The molecule has 0 N–H and O–H groups in total. The van der Waals surface area contributed by atoms with Crippen LogP contribution in [0.4, 0.5) is 5.69 Å². The Morgan fingerprint density at radius 1 is 1.33 bits per heavy atom. The molecule has 24 heavy (non-hydrogen) atoms. The van der Waals surface area contributed by atoms with Gasteiger partial charge in [0, 0.05) is 38.4 Å². The largest absolute Gasteiger partial charge is 0.490 e. The van der Waals surface area contributed by atoms with E-state index in [1.165, 1.54) is 12.7 Å². The van der Waals surface area contributed by atoms with Crippen LogP contribution >= 0.6 is 0 Å². The van der Waals surface area contributed by atoms with Crippen LogP contribution < -0.4 is 4.74 Å². The summed E-state index contributed by atoms with van der Waals surface area (Å²) in [6.45, 7) is 5.59.